The monoisotopic (exact) mass is 562 g/mol. The maximum atomic E-state index is 12.6. The molecule has 0 spiro atoms. The number of guanidine groups is 1. The molecule has 0 aromatic carbocycles. The minimum atomic E-state index is 0. The van der Waals surface area contributed by atoms with Crippen molar-refractivity contribution in [3.05, 3.63) is 16.1 Å². The number of hydrogen-bond acceptors (Lipinski definition) is 5. The third-order valence-corrected chi connectivity index (χ3v) is 6.84. The summed E-state index contributed by atoms with van der Waals surface area (Å²) in [5.74, 6) is 1.99. The van der Waals surface area contributed by atoms with Gasteiger partial charge in [0.1, 0.15) is 5.01 Å². The number of nitrogens with one attached hydrogen (secondary N) is 2. The van der Waals surface area contributed by atoms with E-state index >= 15 is 0 Å². The molecule has 1 saturated heterocycles. The van der Waals surface area contributed by atoms with Crippen molar-refractivity contribution in [3.8, 4) is 0 Å². The van der Waals surface area contributed by atoms with E-state index in [4.69, 9.17) is 0 Å². The van der Waals surface area contributed by atoms with Crippen LogP contribution in [0.4, 0.5) is 0 Å². The molecule has 1 aromatic rings. The van der Waals surface area contributed by atoms with Crippen LogP contribution >= 0.6 is 35.3 Å². The molecule has 1 aliphatic heterocycles. The van der Waals surface area contributed by atoms with Crippen LogP contribution in [0.15, 0.2) is 10.4 Å². The molecule has 2 aliphatic rings. The number of carbonyl (C=O) groups is 1. The van der Waals surface area contributed by atoms with Crippen molar-refractivity contribution in [2.45, 2.75) is 58.9 Å². The predicted octanol–water partition coefficient (Wildman–Crippen LogP) is 3.27. The topological polar surface area (TPSA) is 72.9 Å². The molecule has 2 fully saturated rings. The third kappa shape index (κ3) is 8.16. The van der Waals surface area contributed by atoms with Crippen molar-refractivity contribution in [2.24, 2.45) is 10.9 Å². The summed E-state index contributed by atoms with van der Waals surface area (Å²) in [6, 6.07) is 0. The Labute approximate surface area is 208 Å². The first kappa shape index (κ1) is 26.3. The van der Waals surface area contributed by atoms with E-state index in [-0.39, 0.29) is 24.0 Å². The van der Waals surface area contributed by atoms with E-state index in [0.717, 1.165) is 75.3 Å². The lowest BCUT2D eigenvalue weighted by Crippen LogP contribution is -2.51. The third-order valence-electron chi connectivity index (χ3n) is 5.99. The second-order valence-corrected chi connectivity index (χ2v) is 9.53. The fourth-order valence-electron chi connectivity index (χ4n) is 4.11. The van der Waals surface area contributed by atoms with Gasteiger partial charge in [-0.05, 0) is 25.7 Å². The molecule has 176 valence electrons. The molecule has 2 N–H and O–H groups in total. The molecule has 3 rings (SSSR count). The highest BCUT2D eigenvalue weighted by Gasteiger charge is 2.29. The number of nitrogens with zero attached hydrogens (tertiary/aromatic N) is 4. The quantitative estimate of drug-likeness (QED) is 0.289. The molecule has 31 heavy (non-hydrogen) atoms. The van der Waals surface area contributed by atoms with E-state index in [1.165, 1.54) is 12.8 Å². The highest BCUT2D eigenvalue weighted by molar-refractivity contribution is 14.0. The molecule has 9 heteroatoms. The molecule has 1 saturated carbocycles. The number of thiazole rings is 1. The van der Waals surface area contributed by atoms with Crippen LogP contribution in [-0.4, -0.2) is 72.5 Å². The SMILES string of the molecule is CCNC(=NCc1nc(C(C)C)cs1)NCCN1CCN(C(=O)C2CCCC2)CC1.I. The summed E-state index contributed by atoms with van der Waals surface area (Å²) in [6.07, 6.45) is 4.63. The van der Waals surface area contributed by atoms with Crippen LogP contribution in [0.25, 0.3) is 0 Å². The van der Waals surface area contributed by atoms with Crippen LogP contribution < -0.4 is 10.6 Å². The van der Waals surface area contributed by atoms with E-state index in [9.17, 15) is 4.79 Å². The Morgan fingerprint density at radius 3 is 2.55 bits per heavy atom. The van der Waals surface area contributed by atoms with Gasteiger partial charge in [-0.2, -0.15) is 0 Å². The number of hydrogen-bond donors (Lipinski definition) is 2. The fraction of sp³-hybridized carbons (Fsp3) is 0.773. The number of carbonyl (C=O) groups excluding carboxylic acids is 1. The Balaban J connectivity index is 0.00000341. The van der Waals surface area contributed by atoms with E-state index in [1.54, 1.807) is 11.3 Å². The zero-order valence-electron chi connectivity index (χ0n) is 19.2. The molecule has 1 amide bonds. The first-order valence-corrected chi connectivity index (χ1v) is 12.4. The summed E-state index contributed by atoms with van der Waals surface area (Å²) in [4.78, 5) is 26.5. The van der Waals surface area contributed by atoms with Crippen LogP contribution in [0, 0.1) is 5.92 Å². The molecule has 0 radical (unpaired) electrons. The van der Waals surface area contributed by atoms with Gasteiger partial charge in [0, 0.05) is 57.1 Å². The van der Waals surface area contributed by atoms with Gasteiger partial charge < -0.3 is 15.5 Å². The van der Waals surface area contributed by atoms with Gasteiger partial charge in [0.05, 0.1) is 12.2 Å². The summed E-state index contributed by atoms with van der Waals surface area (Å²) < 4.78 is 0. The number of rotatable bonds is 8. The van der Waals surface area contributed by atoms with Gasteiger partial charge in [-0.15, -0.1) is 35.3 Å². The Bertz CT molecular complexity index is 696. The lowest BCUT2D eigenvalue weighted by molar-refractivity contribution is -0.137. The average molecular weight is 563 g/mol. The lowest BCUT2D eigenvalue weighted by atomic mass is 10.1. The molecule has 2 heterocycles. The van der Waals surface area contributed by atoms with Crippen molar-refractivity contribution in [1.29, 1.82) is 0 Å². The van der Waals surface area contributed by atoms with E-state index in [0.29, 0.717) is 24.3 Å². The van der Waals surface area contributed by atoms with Crippen LogP contribution in [0.1, 0.15) is 63.1 Å². The molecular formula is C22H39IN6OS. The standard InChI is InChI=1S/C22H38N6OS.HI/c1-4-23-22(25-15-20-26-19(16-30-20)17(2)3)24-9-10-27-11-13-28(14-12-27)21(29)18-7-5-6-8-18;/h16-18H,4-15H2,1-3H3,(H2,23,24,25);1H. The van der Waals surface area contributed by atoms with E-state index in [2.05, 4.69) is 56.6 Å². The van der Waals surface area contributed by atoms with Gasteiger partial charge in [-0.25, -0.2) is 9.98 Å². The molecule has 0 unspecified atom stereocenters. The summed E-state index contributed by atoms with van der Waals surface area (Å²) in [5.41, 5.74) is 1.15. The minimum absolute atomic E-state index is 0. The Morgan fingerprint density at radius 2 is 1.94 bits per heavy atom. The van der Waals surface area contributed by atoms with E-state index in [1.807, 2.05) is 0 Å². The number of piperazine rings is 1. The van der Waals surface area contributed by atoms with Gasteiger partial charge >= 0.3 is 0 Å². The number of halogens is 1. The predicted molar refractivity (Wildman–Crippen MR) is 139 cm³/mol. The van der Waals surface area contributed by atoms with Gasteiger partial charge in [-0.1, -0.05) is 26.7 Å². The van der Waals surface area contributed by atoms with Crippen molar-refractivity contribution >= 4 is 47.2 Å². The van der Waals surface area contributed by atoms with Crippen LogP contribution in [-0.2, 0) is 11.3 Å². The maximum Gasteiger partial charge on any atom is 0.225 e. The normalized spacial score (nSPS) is 18.3. The van der Waals surface area contributed by atoms with Crippen molar-refractivity contribution < 1.29 is 4.79 Å². The molecule has 1 aromatic heterocycles. The van der Waals surface area contributed by atoms with Gasteiger partial charge in [0.2, 0.25) is 5.91 Å². The average Bonchev–Trinajstić information content (AvgIpc) is 3.44. The summed E-state index contributed by atoms with van der Waals surface area (Å²) in [6.45, 7) is 13.3. The largest absolute Gasteiger partial charge is 0.357 e. The van der Waals surface area contributed by atoms with Gasteiger partial charge in [0.15, 0.2) is 5.96 Å². The summed E-state index contributed by atoms with van der Waals surface area (Å²) in [7, 11) is 0. The Morgan fingerprint density at radius 1 is 1.23 bits per heavy atom. The highest BCUT2D eigenvalue weighted by atomic mass is 127. The molecule has 0 bridgehead atoms. The molecular weight excluding hydrogens is 523 g/mol. The van der Waals surface area contributed by atoms with Crippen molar-refractivity contribution in [1.82, 2.24) is 25.4 Å². The number of aromatic nitrogens is 1. The van der Waals surface area contributed by atoms with Crippen LogP contribution in [0.2, 0.25) is 0 Å². The van der Waals surface area contributed by atoms with Gasteiger partial charge in [-0.3, -0.25) is 9.69 Å². The van der Waals surface area contributed by atoms with E-state index < -0.39 is 0 Å². The number of amides is 1. The molecule has 1 aliphatic carbocycles. The first-order valence-electron chi connectivity index (χ1n) is 11.5. The van der Waals surface area contributed by atoms with Crippen molar-refractivity contribution in [3.63, 3.8) is 0 Å². The second-order valence-electron chi connectivity index (χ2n) is 8.59. The molecule has 0 atom stereocenters. The Hall–Kier alpha value is -0.940. The van der Waals surface area contributed by atoms with Crippen molar-refractivity contribution in [2.75, 3.05) is 45.8 Å². The smallest absolute Gasteiger partial charge is 0.225 e. The summed E-state index contributed by atoms with van der Waals surface area (Å²) >= 11 is 1.68. The van der Waals surface area contributed by atoms with Gasteiger partial charge in [0.25, 0.3) is 0 Å². The van der Waals surface area contributed by atoms with Crippen LogP contribution in [0.5, 0.6) is 0 Å². The lowest BCUT2D eigenvalue weighted by Gasteiger charge is -2.36. The fourth-order valence-corrected chi connectivity index (χ4v) is 4.99. The van der Waals surface area contributed by atoms with Crippen LogP contribution in [0.3, 0.4) is 0 Å². The minimum Gasteiger partial charge on any atom is -0.357 e. The Kier molecular flexibility index (Phi) is 11.5. The zero-order valence-corrected chi connectivity index (χ0v) is 22.4. The highest BCUT2D eigenvalue weighted by Crippen LogP contribution is 2.26. The maximum absolute atomic E-state index is 12.6. The summed E-state index contributed by atoms with van der Waals surface area (Å²) in [5, 5.41) is 9.94. The number of aliphatic imine (C=N–C) groups is 1. The second kappa shape index (κ2) is 13.6. The molecule has 7 nitrogen and oxygen atoms in total. The zero-order chi connectivity index (χ0) is 21.3. The first-order chi connectivity index (χ1) is 14.6.